The van der Waals surface area contributed by atoms with Crippen molar-refractivity contribution < 1.29 is 0 Å². The molecule has 124 valence electrons. The Hall–Kier alpha value is -2.14. The van der Waals surface area contributed by atoms with E-state index in [1.807, 2.05) is 25.4 Å². The minimum Gasteiger partial charge on any atom is -0.367 e. The lowest BCUT2D eigenvalue weighted by molar-refractivity contribution is 0.461. The van der Waals surface area contributed by atoms with Crippen LogP contribution < -0.4 is 5.32 Å². The van der Waals surface area contributed by atoms with Gasteiger partial charge in [-0.1, -0.05) is 30.9 Å². The Balaban J connectivity index is 1.70. The summed E-state index contributed by atoms with van der Waals surface area (Å²) in [6, 6.07) is 2.41. The van der Waals surface area contributed by atoms with E-state index in [2.05, 4.69) is 20.3 Å². The van der Waals surface area contributed by atoms with Gasteiger partial charge < -0.3 is 10.3 Å². The second-order valence-electron chi connectivity index (χ2n) is 6.46. The highest BCUT2D eigenvalue weighted by atomic mass is 35.5. The normalized spacial score (nSPS) is 15.8. The van der Waals surface area contributed by atoms with Crippen molar-refractivity contribution in [2.45, 2.75) is 45.1 Å². The molecule has 3 aromatic rings. The van der Waals surface area contributed by atoms with E-state index in [-0.39, 0.29) is 0 Å². The Morgan fingerprint density at radius 1 is 1.17 bits per heavy atom. The highest BCUT2D eigenvalue weighted by Crippen LogP contribution is 2.29. The zero-order valence-electron chi connectivity index (χ0n) is 13.6. The number of anilines is 1. The van der Waals surface area contributed by atoms with E-state index in [9.17, 15) is 0 Å². The van der Waals surface area contributed by atoms with Crippen LogP contribution in [0, 0.1) is 6.92 Å². The number of hydrogen-bond acceptors (Lipinski definition) is 4. The van der Waals surface area contributed by atoms with Crippen molar-refractivity contribution in [2.75, 3.05) is 5.32 Å². The smallest absolute Gasteiger partial charge is 0.163 e. The number of rotatable bonds is 3. The quantitative estimate of drug-likeness (QED) is 0.723. The third kappa shape index (κ3) is 2.96. The van der Waals surface area contributed by atoms with E-state index in [0.29, 0.717) is 16.9 Å². The molecule has 3 heterocycles. The van der Waals surface area contributed by atoms with Crippen molar-refractivity contribution in [3.63, 3.8) is 0 Å². The molecule has 0 amide bonds. The van der Waals surface area contributed by atoms with Gasteiger partial charge in [-0.3, -0.25) is 0 Å². The molecule has 0 aliphatic heterocycles. The standard InChI is InChI=1S/C18H20ClN5/c1-11-8-20-18(24-16(11)23-13-5-3-2-4-6-13)15-10-22-17-14(15)7-12(19)9-21-17/h7-10,13H,2-6H2,1H3,(H,21,22)(H,20,23,24). The largest absolute Gasteiger partial charge is 0.367 e. The molecule has 6 heteroatoms. The number of hydrogen-bond donors (Lipinski definition) is 2. The van der Waals surface area contributed by atoms with Crippen LogP contribution in [0.15, 0.2) is 24.7 Å². The zero-order chi connectivity index (χ0) is 16.5. The van der Waals surface area contributed by atoms with Gasteiger partial charge in [0.15, 0.2) is 5.82 Å². The fourth-order valence-corrected chi connectivity index (χ4v) is 3.48. The summed E-state index contributed by atoms with van der Waals surface area (Å²) >= 11 is 6.09. The highest BCUT2D eigenvalue weighted by Gasteiger charge is 2.16. The van der Waals surface area contributed by atoms with Gasteiger partial charge in [0.25, 0.3) is 0 Å². The van der Waals surface area contributed by atoms with Gasteiger partial charge in [0.1, 0.15) is 11.5 Å². The molecule has 3 aromatic heterocycles. The number of aromatic amines is 1. The Morgan fingerprint density at radius 3 is 2.83 bits per heavy atom. The molecular formula is C18H20ClN5. The first-order chi connectivity index (χ1) is 11.7. The van der Waals surface area contributed by atoms with Gasteiger partial charge >= 0.3 is 0 Å². The molecule has 0 aromatic carbocycles. The molecule has 0 spiro atoms. The maximum absolute atomic E-state index is 6.09. The first-order valence-electron chi connectivity index (χ1n) is 8.44. The average Bonchev–Trinajstić information content (AvgIpc) is 3.01. The number of nitrogens with zero attached hydrogens (tertiary/aromatic N) is 3. The molecule has 0 unspecified atom stereocenters. The molecule has 1 saturated carbocycles. The van der Waals surface area contributed by atoms with Crippen LogP contribution in [0.1, 0.15) is 37.7 Å². The van der Waals surface area contributed by atoms with Gasteiger partial charge in [0.2, 0.25) is 0 Å². The molecule has 0 saturated heterocycles. The number of pyridine rings is 1. The minimum absolute atomic E-state index is 0.513. The van der Waals surface area contributed by atoms with Crippen LogP contribution in [-0.4, -0.2) is 26.0 Å². The van der Waals surface area contributed by atoms with E-state index >= 15 is 0 Å². The van der Waals surface area contributed by atoms with E-state index in [1.54, 1.807) is 6.20 Å². The lowest BCUT2D eigenvalue weighted by Gasteiger charge is -2.24. The average molecular weight is 342 g/mol. The number of halogens is 1. The molecule has 0 atom stereocenters. The molecule has 1 aliphatic carbocycles. The lowest BCUT2D eigenvalue weighted by atomic mass is 9.95. The SMILES string of the molecule is Cc1cnc(-c2c[nH]c3ncc(Cl)cc23)nc1NC1CCCCC1. The van der Waals surface area contributed by atoms with Crippen molar-refractivity contribution in [2.24, 2.45) is 0 Å². The van der Waals surface area contributed by atoms with Crippen LogP contribution in [-0.2, 0) is 0 Å². The third-order valence-electron chi connectivity index (χ3n) is 4.66. The number of H-pyrrole nitrogens is 1. The summed E-state index contributed by atoms with van der Waals surface area (Å²) in [5.74, 6) is 1.62. The second kappa shape index (κ2) is 6.40. The molecule has 2 N–H and O–H groups in total. The topological polar surface area (TPSA) is 66.5 Å². The monoisotopic (exact) mass is 341 g/mol. The first-order valence-corrected chi connectivity index (χ1v) is 8.81. The van der Waals surface area contributed by atoms with Crippen LogP contribution in [0.3, 0.4) is 0 Å². The van der Waals surface area contributed by atoms with Crippen molar-refractivity contribution in [1.82, 2.24) is 19.9 Å². The summed E-state index contributed by atoms with van der Waals surface area (Å²) in [5, 5.41) is 5.16. The van der Waals surface area contributed by atoms with Gasteiger partial charge in [-0.05, 0) is 25.8 Å². The summed E-state index contributed by atoms with van der Waals surface area (Å²) < 4.78 is 0. The maximum atomic E-state index is 6.09. The Bertz CT molecular complexity index is 867. The van der Waals surface area contributed by atoms with E-state index in [4.69, 9.17) is 16.6 Å². The molecule has 0 bridgehead atoms. The van der Waals surface area contributed by atoms with Gasteiger partial charge in [-0.25, -0.2) is 15.0 Å². The summed E-state index contributed by atoms with van der Waals surface area (Å²) in [7, 11) is 0. The molecular weight excluding hydrogens is 322 g/mol. The van der Waals surface area contributed by atoms with Crippen LogP contribution >= 0.6 is 11.6 Å². The van der Waals surface area contributed by atoms with Crippen molar-refractivity contribution in [1.29, 1.82) is 0 Å². The molecule has 24 heavy (non-hydrogen) atoms. The number of nitrogens with one attached hydrogen (secondary N) is 2. The van der Waals surface area contributed by atoms with Gasteiger partial charge in [-0.15, -0.1) is 0 Å². The number of aryl methyl sites for hydroxylation is 1. The second-order valence-corrected chi connectivity index (χ2v) is 6.89. The van der Waals surface area contributed by atoms with Crippen molar-refractivity contribution in [3.8, 4) is 11.4 Å². The van der Waals surface area contributed by atoms with Crippen LogP contribution in [0.2, 0.25) is 5.02 Å². The van der Waals surface area contributed by atoms with E-state index < -0.39 is 0 Å². The minimum atomic E-state index is 0.513. The molecule has 0 radical (unpaired) electrons. The Kier molecular flexibility index (Phi) is 4.10. The van der Waals surface area contributed by atoms with Crippen LogP contribution in [0.25, 0.3) is 22.4 Å². The van der Waals surface area contributed by atoms with E-state index in [1.165, 1.54) is 32.1 Å². The van der Waals surface area contributed by atoms with Gasteiger partial charge in [0.05, 0.1) is 5.02 Å². The van der Waals surface area contributed by atoms with E-state index in [0.717, 1.165) is 28.0 Å². The Morgan fingerprint density at radius 2 is 2.00 bits per heavy atom. The number of fused-ring (bicyclic) bond motifs is 1. The highest BCUT2D eigenvalue weighted by molar-refractivity contribution is 6.31. The molecule has 4 rings (SSSR count). The summed E-state index contributed by atoms with van der Waals surface area (Å²) in [5.41, 5.74) is 2.78. The predicted octanol–water partition coefficient (Wildman–Crippen LogP) is 4.73. The summed E-state index contributed by atoms with van der Waals surface area (Å²) in [6.07, 6.45) is 11.8. The van der Waals surface area contributed by atoms with Gasteiger partial charge in [-0.2, -0.15) is 0 Å². The zero-order valence-corrected chi connectivity index (χ0v) is 14.4. The third-order valence-corrected chi connectivity index (χ3v) is 4.86. The Labute approximate surface area is 145 Å². The predicted molar refractivity (Wildman–Crippen MR) is 97.4 cm³/mol. The van der Waals surface area contributed by atoms with Crippen LogP contribution in [0.4, 0.5) is 5.82 Å². The number of aromatic nitrogens is 4. The summed E-state index contributed by atoms with van der Waals surface area (Å²) in [6.45, 7) is 2.04. The fourth-order valence-electron chi connectivity index (χ4n) is 3.32. The summed E-state index contributed by atoms with van der Waals surface area (Å²) in [4.78, 5) is 16.7. The lowest BCUT2D eigenvalue weighted by Crippen LogP contribution is -2.23. The van der Waals surface area contributed by atoms with Crippen LogP contribution in [0.5, 0.6) is 0 Å². The van der Waals surface area contributed by atoms with Crippen molar-refractivity contribution >= 4 is 28.5 Å². The van der Waals surface area contributed by atoms with Crippen molar-refractivity contribution in [3.05, 3.63) is 35.2 Å². The van der Waals surface area contributed by atoms with Gasteiger partial charge in [0, 0.05) is 41.1 Å². The first kappa shape index (κ1) is 15.4. The molecule has 1 fully saturated rings. The maximum Gasteiger partial charge on any atom is 0.163 e. The molecule has 5 nitrogen and oxygen atoms in total. The fraction of sp³-hybridized carbons (Fsp3) is 0.389. The molecule has 1 aliphatic rings.